The van der Waals surface area contributed by atoms with E-state index < -0.39 is 0 Å². The van der Waals surface area contributed by atoms with E-state index in [2.05, 4.69) is 26.1 Å². The van der Waals surface area contributed by atoms with Crippen LogP contribution in [0.3, 0.4) is 0 Å². The van der Waals surface area contributed by atoms with Crippen molar-refractivity contribution in [3.05, 3.63) is 0 Å². The van der Waals surface area contributed by atoms with Crippen LogP contribution in [0.2, 0.25) is 0 Å². The van der Waals surface area contributed by atoms with Crippen molar-refractivity contribution >= 4 is 5.91 Å². The molecule has 0 aromatic rings. The highest BCUT2D eigenvalue weighted by Crippen LogP contribution is 2.29. The minimum Gasteiger partial charge on any atom is -0.353 e. The highest BCUT2D eigenvalue weighted by Gasteiger charge is 2.27. The number of hydrogen-bond acceptors (Lipinski definition) is 1. The fraction of sp³-hybridized carbons (Fsp3) is 0.944. The van der Waals surface area contributed by atoms with Crippen LogP contribution in [0, 0.1) is 11.8 Å². The van der Waals surface area contributed by atoms with E-state index in [4.69, 9.17) is 0 Å². The van der Waals surface area contributed by atoms with Crippen molar-refractivity contribution in [1.82, 2.24) is 5.32 Å². The lowest BCUT2D eigenvalue weighted by atomic mass is 9.78. The zero-order chi connectivity index (χ0) is 14.8. The molecule has 0 aromatic carbocycles. The predicted molar refractivity (Wildman–Crippen MR) is 86.7 cm³/mol. The average Bonchev–Trinajstić information content (AvgIpc) is 2.43. The zero-order valence-electron chi connectivity index (χ0n) is 13.9. The van der Waals surface area contributed by atoms with Gasteiger partial charge in [-0.25, -0.2) is 0 Å². The van der Waals surface area contributed by atoms with Crippen molar-refractivity contribution in [2.45, 2.75) is 97.4 Å². The van der Waals surface area contributed by atoms with Crippen LogP contribution in [0.15, 0.2) is 0 Å². The topological polar surface area (TPSA) is 29.1 Å². The van der Waals surface area contributed by atoms with Crippen LogP contribution >= 0.6 is 0 Å². The highest BCUT2D eigenvalue weighted by molar-refractivity contribution is 5.76. The Hall–Kier alpha value is -0.530. The summed E-state index contributed by atoms with van der Waals surface area (Å²) in [6.07, 6.45) is 13.4. The molecule has 0 unspecified atom stereocenters. The summed E-state index contributed by atoms with van der Waals surface area (Å²) in [6.45, 7) is 6.86. The predicted octanol–water partition coefficient (Wildman–Crippen LogP) is 5.07. The summed E-state index contributed by atoms with van der Waals surface area (Å²) in [6, 6.07) is 0.427. The number of nitrogens with one attached hydrogen (secondary N) is 1. The Kier molecular flexibility index (Phi) is 8.97. The first-order valence-corrected chi connectivity index (χ1v) is 8.94. The van der Waals surface area contributed by atoms with Crippen LogP contribution in [0.5, 0.6) is 0 Å². The molecule has 1 saturated carbocycles. The Labute approximate surface area is 126 Å². The van der Waals surface area contributed by atoms with Gasteiger partial charge >= 0.3 is 0 Å². The summed E-state index contributed by atoms with van der Waals surface area (Å²) in [5, 5.41) is 3.27. The van der Waals surface area contributed by atoms with Crippen LogP contribution < -0.4 is 5.32 Å². The van der Waals surface area contributed by atoms with Crippen molar-refractivity contribution < 1.29 is 4.79 Å². The standard InChI is InChI=1S/C18H35NO/c1-4-5-6-7-8-9-10-14-18(20)19-17-13-11-12-15(2)16(17)3/h15-17H,4-14H2,1-3H3,(H,19,20)/t15-,16+,17-/m1/s1. The third kappa shape index (κ3) is 6.76. The van der Waals surface area contributed by atoms with Gasteiger partial charge in [-0.1, -0.05) is 72.1 Å². The Balaban J connectivity index is 2.05. The molecule has 0 saturated heterocycles. The van der Waals surface area contributed by atoms with Crippen LogP contribution in [-0.4, -0.2) is 11.9 Å². The third-order valence-corrected chi connectivity index (χ3v) is 5.06. The number of amides is 1. The normalized spacial score (nSPS) is 26.4. The molecule has 0 spiro atoms. The molecule has 1 N–H and O–H groups in total. The molecule has 0 aromatic heterocycles. The van der Waals surface area contributed by atoms with Crippen molar-refractivity contribution in [1.29, 1.82) is 0 Å². The van der Waals surface area contributed by atoms with Gasteiger partial charge in [0.25, 0.3) is 0 Å². The molecule has 118 valence electrons. The second-order valence-electron chi connectivity index (χ2n) is 6.81. The van der Waals surface area contributed by atoms with E-state index in [0.29, 0.717) is 12.0 Å². The van der Waals surface area contributed by atoms with E-state index in [-0.39, 0.29) is 5.91 Å². The lowest BCUT2D eigenvalue weighted by Gasteiger charge is -2.34. The van der Waals surface area contributed by atoms with Gasteiger partial charge in [-0.15, -0.1) is 0 Å². The second kappa shape index (κ2) is 10.2. The monoisotopic (exact) mass is 281 g/mol. The Morgan fingerprint density at radius 1 is 1.00 bits per heavy atom. The molecule has 20 heavy (non-hydrogen) atoms. The van der Waals surface area contributed by atoms with Gasteiger partial charge in [-0.3, -0.25) is 4.79 Å². The quantitative estimate of drug-likeness (QED) is 0.587. The van der Waals surface area contributed by atoms with E-state index in [9.17, 15) is 4.79 Å². The summed E-state index contributed by atoms with van der Waals surface area (Å²) in [7, 11) is 0. The smallest absolute Gasteiger partial charge is 0.220 e. The summed E-state index contributed by atoms with van der Waals surface area (Å²) in [5.41, 5.74) is 0. The van der Waals surface area contributed by atoms with Crippen LogP contribution in [-0.2, 0) is 4.79 Å². The first-order valence-electron chi connectivity index (χ1n) is 8.94. The van der Waals surface area contributed by atoms with Crippen molar-refractivity contribution in [3.63, 3.8) is 0 Å². The molecule has 1 amide bonds. The number of rotatable bonds is 9. The molecule has 2 nitrogen and oxygen atoms in total. The van der Waals surface area contributed by atoms with E-state index in [1.54, 1.807) is 0 Å². The van der Waals surface area contributed by atoms with Gasteiger partial charge in [0, 0.05) is 12.5 Å². The van der Waals surface area contributed by atoms with Crippen LogP contribution in [0.4, 0.5) is 0 Å². The Morgan fingerprint density at radius 3 is 2.35 bits per heavy atom. The van der Waals surface area contributed by atoms with Gasteiger partial charge in [0.1, 0.15) is 0 Å². The van der Waals surface area contributed by atoms with E-state index in [1.807, 2.05) is 0 Å². The molecular formula is C18H35NO. The second-order valence-corrected chi connectivity index (χ2v) is 6.81. The van der Waals surface area contributed by atoms with Gasteiger partial charge in [-0.05, 0) is 24.7 Å². The van der Waals surface area contributed by atoms with E-state index >= 15 is 0 Å². The zero-order valence-corrected chi connectivity index (χ0v) is 13.9. The Bertz CT molecular complexity index is 264. The lowest BCUT2D eigenvalue weighted by molar-refractivity contribution is -0.122. The maximum absolute atomic E-state index is 12.0. The highest BCUT2D eigenvalue weighted by atomic mass is 16.1. The SMILES string of the molecule is CCCCCCCCCC(=O)N[C@@H]1CCC[C@@H](C)[C@@H]1C. The van der Waals surface area contributed by atoms with Crippen molar-refractivity contribution in [2.24, 2.45) is 11.8 Å². The van der Waals surface area contributed by atoms with E-state index in [1.165, 1.54) is 57.8 Å². The molecule has 0 aliphatic heterocycles. The van der Waals surface area contributed by atoms with Gasteiger partial charge in [0.05, 0.1) is 0 Å². The lowest BCUT2D eigenvalue weighted by Crippen LogP contribution is -2.43. The summed E-state index contributed by atoms with van der Waals surface area (Å²) in [5.74, 6) is 1.68. The minimum atomic E-state index is 0.282. The average molecular weight is 281 g/mol. The van der Waals surface area contributed by atoms with Crippen LogP contribution in [0.25, 0.3) is 0 Å². The third-order valence-electron chi connectivity index (χ3n) is 5.06. The van der Waals surface area contributed by atoms with Gasteiger partial charge < -0.3 is 5.32 Å². The molecule has 1 aliphatic carbocycles. The Morgan fingerprint density at radius 2 is 1.65 bits per heavy atom. The van der Waals surface area contributed by atoms with Crippen molar-refractivity contribution in [2.75, 3.05) is 0 Å². The van der Waals surface area contributed by atoms with Crippen LogP contribution in [0.1, 0.15) is 91.4 Å². The van der Waals surface area contributed by atoms with Crippen molar-refractivity contribution in [3.8, 4) is 0 Å². The fourth-order valence-corrected chi connectivity index (χ4v) is 3.31. The molecule has 3 atom stereocenters. The molecule has 0 heterocycles. The van der Waals surface area contributed by atoms with Gasteiger partial charge in [0.2, 0.25) is 5.91 Å². The number of carbonyl (C=O) groups excluding carboxylic acids is 1. The molecule has 1 aliphatic rings. The molecule has 2 heteroatoms. The first-order chi connectivity index (χ1) is 9.65. The molecule has 0 radical (unpaired) electrons. The maximum atomic E-state index is 12.0. The van der Waals surface area contributed by atoms with Gasteiger partial charge in [0.15, 0.2) is 0 Å². The van der Waals surface area contributed by atoms with Gasteiger partial charge in [-0.2, -0.15) is 0 Å². The largest absolute Gasteiger partial charge is 0.353 e. The molecule has 1 fully saturated rings. The number of hydrogen-bond donors (Lipinski definition) is 1. The summed E-state index contributed by atoms with van der Waals surface area (Å²) < 4.78 is 0. The summed E-state index contributed by atoms with van der Waals surface area (Å²) in [4.78, 5) is 12.0. The summed E-state index contributed by atoms with van der Waals surface area (Å²) >= 11 is 0. The molecule has 1 rings (SSSR count). The van der Waals surface area contributed by atoms with E-state index in [0.717, 1.165) is 18.8 Å². The maximum Gasteiger partial charge on any atom is 0.220 e. The molecule has 0 bridgehead atoms. The minimum absolute atomic E-state index is 0.282. The fourth-order valence-electron chi connectivity index (χ4n) is 3.31. The number of carbonyl (C=O) groups is 1. The first kappa shape index (κ1) is 17.5. The number of unbranched alkanes of at least 4 members (excludes halogenated alkanes) is 6. The molecular weight excluding hydrogens is 246 g/mol.